The van der Waals surface area contributed by atoms with Crippen LogP contribution in [0.25, 0.3) is 5.57 Å². The fourth-order valence-corrected chi connectivity index (χ4v) is 3.34. The lowest BCUT2D eigenvalue weighted by Gasteiger charge is -2.15. The van der Waals surface area contributed by atoms with Crippen LogP contribution in [0, 0.1) is 26.7 Å². The van der Waals surface area contributed by atoms with Gasteiger partial charge in [-0.15, -0.1) is 6.58 Å². The van der Waals surface area contributed by atoms with Crippen molar-refractivity contribution >= 4 is 5.57 Å². The van der Waals surface area contributed by atoms with Gasteiger partial charge in [0.15, 0.2) is 0 Å². The number of allylic oxidation sites excluding steroid dienone is 7. The van der Waals surface area contributed by atoms with Crippen LogP contribution in [-0.2, 0) is 6.42 Å². The number of aryl methyl sites for hydroxylation is 3. The van der Waals surface area contributed by atoms with Gasteiger partial charge in [0.1, 0.15) is 0 Å². The zero-order valence-electron chi connectivity index (χ0n) is 26.4. The average molecular weight is 543 g/mol. The summed E-state index contributed by atoms with van der Waals surface area (Å²) in [7, 11) is 0. The first-order valence-corrected chi connectivity index (χ1v) is 13.6. The molecule has 0 aliphatic heterocycles. The fourth-order valence-electron chi connectivity index (χ4n) is 3.34. The van der Waals surface area contributed by atoms with Gasteiger partial charge in [-0.3, -0.25) is 0 Å². The SMILES string of the molecule is C=C(C)/C=C/C(C)/C(=C\C)C(F)(F)F.C=C(C)c1ccc(C)cc1.C=CC.CC.CCc1c(C)cccc1C. The van der Waals surface area contributed by atoms with Crippen LogP contribution < -0.4 is 0 Å². The van der Waals surface area contributed by atoms with E-state index >= 15 is 0 Å². The Morgan fingerprint density at radius 1 is 0.897 bits per heavy atom. The summed E-state index contributed by atoms with van der Waals surface area (Å²) >= 11 is 0. The largest absolute Gasteiger partial charge is 0.412 e. The van der Waals surface area contributed by atoms with Gasteiger partial charge >= 0.3 is 6.18 Å². The highest BCUT2D eigenvalue weighted by Crippen LogP contribution is 2.31. The van der Waals surface area contributed by atoms with Crippen LogP contribution >= 0.6 is 0 Å². The van der Waals surface area contributed by atoms with Crippen molar-refractivity contribution < 1.29 is 13.2 Å². The molecule has 1 atom stereocenters. The molecule has 0 spiro atoms. The number of rotatable bonds is 5. The van der Waals surface area contributed by atoms with E-state index in [1.165, 1.54) is 47.7 Å². The monoisotopic (exact) mass is 542 g/mol. The molecule has 2 rings (SSSR count). The maximum Gasteiger partial charge on any atom is 0.412 e. The summed E-state index contributed by atoms with van der Waals surface area (Å²) < 4.78 is 37.1. The lowest BCUT2D eigenvalue weighted by atomic mass is 9.99. The molecule has 0 bridgehead atoms. The Balaban J connectivity index is -0.000000465. The molecular weight excluding hydrogens is 489 g/mol. The summed E-state index contributed by atoms with van der Waals surface area (Å²) in [6, 6.07) is 14.9. The van der Waals surface area contributed by atoms with Crippen molar-refractivity contribution in [3.8, 4) is 0 Å². The topological polar surface area (TPSA) is 0 Å². The predicted octanol–water partition coefficient (Wildman–Crippen LogP) is 12.4. The summed E-state index contributed by atoms with van der Waals surface area (Å²) in [4.78, 5) is 0. The molecule has 0 radical (unpaired) electrons. The maximum atomic E-state index is 12.4. The van der Waals surface area contributed by atoms with E-state index in [-0.39, 0.29) is 0 Å². The minimum atomic E-state index is -4.24. The Morgan fingerprint density at radius 3 is 1.62 bits per heavy atom. The second-order valence-electron chi connectivity index (χ2n) is 9.01. The smallest absolute Gasteiger partial charge is 0.166 e. The van der Waals surface area contributed by atoms with E-state index in [4.69, 9.17) is 0 Å². The zero-order valence-corrected chi connectivity index (χ0v) is 26.4. The second-order valence-corrected chi connectivity index (χ2v) is 9.01. The Bertz CT molecular complexity index is 996. The van der Waals surface area contributed by atoms with Crippen molar-refractivity contribution in [1.82, 2.24) is 0 Å². The molecule has 1 unspecified atom stereocenters. The van der Waals surface area contributed by atoms with Crippen LogP contribution in [0.15, 0.2) is 97.7 Å². The molecule has 0 saturated heterocycles. The summed E-state index contributed by atoms with van der Waals surface area (Å²) in [5, 5.41) is 0. The lowest BCUT2D eigenvalue weighted by molar-refractivity contribution is -0.0967. The third-order valence-electron chi connectivity index (χ3n) is 5.34. The first-order chi connectivity index (χ1) is 18.2. The number of hydrogen-bond acceptors (Lipinski definition) is 0. The van der Waals surface area contributed by atoms with E-state index in [0.717, 1.165) is 23.6 Å². The second kappa shape index (κ2) is 22.9. The van der Waals surface area contributed by atoms with Crippen LogP contribution in [0.5, 0.6) is 0 Å². The minimum Gasteiger partial charge on any atom is -0.166 e. The molecule has 0 heterocycles. The summed E-state index contributed by atoms with van der Waals surface area (Å²) in [6.45, 7) is 32.0. The summed E-state index contributed by atoms with van der Waals surface area (Å²) in [5.41, 5.74) is 8.22. The van der Waals surface area contributed by atoms with Gasteiger partial charge in [-0.1, -0.05) is 124 Å². The van der Waals surface area contributed by atoms with Gasteiger partial charge in [-0.05, 0) is 77.1 Å². The van der Waals surface area contributed by atoms with Crippen LogP contribution in [0.1, 0.15) is 83.2 Å². The van der Waals surface area contributed by atoms with Crippen LogP contribution in [-0.4, -0.2) is 6.18 Å². The molecule has 0 saturated carbocycles. The number of halogens is 3. The van der Waals surface area contributed by atoms with E-state index in [1.54, 1.807) is 19.1 Å². The zero-order chi connectivity index (χ0) is 31.2. The summed E-state index contributed by atoms with van der Waals surface area (Å²) in [5.74, 6) is -0.628. The van der Waals surface area contributed by atoms with E-state index in [9.17, 15) is 13.2 Å². The molecule has 0 aliphatic carbocycles. The Hall–Kier alpha value is -3.07. The molecule has 39 heavy (non-hydrogen) atoms. The third kappa shape index (κ3) is 19.6. The van der Waals surface area contributed by atoms with E-state index in [2.05, 4.69) is 89.9 Å². The molecule has 0 fully saturated rings. The lowest BCUT2D eigenvalue weighted by Crippen LogP contribution is -2.16. The normalized spacial score (nSPS) is 11.2. The van der Waals surface area contributed by atoms with E-state index < -0.39 is 17.7 Å². The summed E-state index contributed by atoms with van der Waals surface area (Å²) in [6.07, 6.45) is 2.87. The van der Waals surface area contributed by atoms with Crippen molar-refractivity contribution in [2.45, 2.75) is 88.8 Å². The first kappa shape index (κ1) is 40.4. The third-order valence-corrected chi connectivity index (χ3v) is 5.34. The molecule has 0 aromatic heterocycles. The standard InChI is InChI=1S/C11H15F3.C10H12.C10H14.C3H6.C2H6/c1-5-10(11(12,13)14)9(4)7-6-8(2)3;1-8(2)10-6-4-9(3)5-7-10;1-4-10-8(2)6-5-7-9(10)3;1-3-2;1-2/h5-7,9H,2H2,1,3-4H3;4-7H,1H2,2-3H3;5-7H,4H2,1-3H3;3H,1H2,2H3;1-2H3/b7-6+,10-5+;;;;. The van der Waals surface area contributed by atoms with Gasteiger partial charge in [-0.2, -0.15) is 13.2 Å². The van der Waals surface area contributed by atoms with Crippen molar-refractivity contribution in [2.75, 3.05) is 0 Å². The van der Waals surface area contributed by atoms with Crippen LogP contribution in [0.3, 0.4) is 0 Å². The Labute approximate surface area is 238 Å². The van der Waals surface area contributed by atoms with E-state index in [1.807, 2.05) is 27.7 Å². The van der Waals surface area contributed by atoms with Crippen molar-refractivity contribution in [3.63, 3.8) is 0 Å². The minimum absolute atomic E-state index is 0.519. The van der Waals surface area contributed by atoms with Gasteiger partial charge < -0.3 is 0 Å². The van der Waals surface area contributed by atoms with Gasteiger partial charge in [-0.25, -0.2) is 0 Å². The van der Waals surface area contributed by atoms with Gasteiger partial charge in [0.2, 0.25) is 0 Å². The molecule has 2 aromatic rings. The van der Waals surface area contributed by atoms with E-state index in [0.29, 0.717) is 0 Å². The Morgan fingerprint density at radius 2 is 1.33 bits per heavy atom. The molecule has 2 aromatic carbocycles. The molecule has 218 valence electrons. The molecule has 0 aliphatic rings. The number of benzene rings is 2. The number of hydrogen-bond donors (Lipinski definition) is 0. The molecular formula is C36H53F3. The van der Waals surface area contributed by atoms with Gasteiger partial charge in [0.25, 0.3) is 0 Å². The average Bonchev–Trinajstić information content (AvgIpc) is 2.85. The van der Waals surface area contributed by atoms with Crippen molar-refractivity contribution in [1.29, 1.82) is 0 Å². The number of alkyl halides is 3. The highest BCUT2D eigenvalue weighted by molar-refractivity contribution is 5.61. The van der Waals surface area contributed by atoms with Gasteiger partial charge in [0.05, 0.1) is 0 Å². The van der Waals surface area contributed by atoms with Crippen LogP contribution in [0.2, 0.25) is 0 Å². The highest BCUT2D eigenvalue weighted by Gasteiger charge is 2.35. The molecule has 0 N–H and O–H groups in total. The Kier molecular flexibility index (Phi) is 23.7. The molecule has 0 nitrogen and oxygen atoms in total. The predicted molar refractivity (Wildman–Crippen MR) is 171 cm³/mol. The van der Waals surface area contributed by atoms with Crippen LogP contribution in [0.4, 0.5) is 13.2 Å². The molecule has 3 heteroatoms. The maximum absolute atomic E-state index is 12.4. The molecule has 0 amide bonds. The van der Waals surface area contributed by atoms with Crippen molar-refractivity contribution in [2.24, 2.45) is 5.92 Å². The first-order valence-electron chi connectivity index (χ1n) is 13.6. The van der Waals surface area contributed by atoms with Crippen molar-refractivity contribution in [3.05, 3.63) is 125 Å². The quantitative estimate of drug-likeness (QED) is 0.260. The highest BCUT2D eigenvalue weighted by atomic mass is 19.4. The fraction of sp³-hybridized carbons (Fsp3) is 0.389. The van der Waals surface area contributed by atoms with Gasteiger partial charge in [0, 0.05) is 11.5 Å².